The molecule has 0 fully saturated rings. The highest BCUT2D eigenvalue weighted by Gasteiger charge is 2.08. The molecule has 116 valence electrons. The molecule has 4 nitrogen and oxygen atoms in total. The Morgan fingerprint density at radius 3 is 2.87 bits per heavy atom. The van der Waals surface area contributed by atoms with Gasteiger partial charge in [0, 0.05) is 16.0 Å². The minimum atomic E-state index is -0.0454. The number of rotatable bonds is 5. The number of amides is 1. The van der Waals surface area contributed by atoms with E-state index in [1.165, 1.54) is 18.1 Å². The fraction of sp³-hybridized carbons (Fsp3) is 0.118. The lowest BCUT2D eigenvalue weighted by Gasteiger charge is -2.07. The maximum absolute atomic E-state index is 12.1. The van der Waals surface area contributed by atoms with Crippen molar-refractivity contribution in [2.75, 3.05) is 17.3 Å². The Bertz CT molecular complexity index is 833. The monoisotopic (exact) mass is 341 g/mol. The van der Waals surface area contributed by atoms with E-state index < -0.39 is 0 Å². The Morgan fingerprint density at radius 2 is 2.00 bits per heavy atom. The molecule has 1 heterocycles. The Hall–Kier alpha value is -2.05. The molecule has 0 saturated carbocycles. The molecule has 0 bridgehead atoms. The quantitative estimate of drug-likeness (QED) is 0.560. The van der Waals surface area contributed by atoms with Crippen molar-refractivity contribution in [3.63, 3.8) is 0 Å². The molecule has 6 heteroatoms. The largest absolute Gasteiger partial charge is 0.325 e. The highest BCUT2D eigenvalue weighted by Crippen LogP contribution is 2.24. The normalized spacial score (nSPS) is 10.7. The van der Waals surface area contributed by atoms with Crippen LogP contribution in [0, 0.1) is 0 Å². The predicted molar refractivity (Wildman–Crippen MR) is 97.1 cm³/mol. The molecule has 0 unspecified atom stereocenters. The van der Waals surface area contributed by atoms with Crippen LogP contribution in [-0.2, 0) is 4.79 Å². The topological polar surface area (TPSA) is 54.9 Å². The van der Waals surface area contributed by atoms with Crippen LogP contribution in [0.5, 0.6) is 0 Å². The van der Waals surface area contributed by atoms with E-state index in [0.29, 0.717) is 5.75 Å². The van der Waals surface area contributed by atoms with E-state index in [9.17, 15) is 4.79 Å². The zero-order valence-electron chi connectivity index (χ0n) is 12.5. The second-order valence-electron chi connectivity index (χ2n) is 4.76. The van der Waals surface area contributed by atoms with Crippen molar-refractivity contribution in [1.29, 1.82) is 0 Å². The zero-order valence-corrected chi connectivity index (χ0v) is 14.2. The molecule has 0 aliphatic rings. The molecular formula is C17H15N3OS2. The van der Waals surface area contributed by atoms with Gasteiger partial charge < -0.3 is 5.32 Å². The van der Waals surface area contributed by atoms with E-state index >= 15 is 0 Å². The lowest BCUT2D eigenvalue weighted by Crippen LogP contribution is -2.14. The Balaban J connectivity index is 1.66. The van der Waals surface area contributed by atoms with E-state index in [1.807, 2.05) is 54.8 Å². The summed E-state index contributed by atoms with van der Waals surface area (Å²) in [6, 6.07) is 15.6. The minimum absolute atomic E-state index is 0.0454. The molecule has 1 aromatic heterocycles. The fourth-order valence-corrected chi connectivity index (χ4v) is 3.38. The number of para-hydroxylation sites is 1. The van der Waals surface area contributed by atoms with Crippen LogP contribution in [0.1, 0.15) is 0 Å². The van der Waals surface area contributed by atoms with E-state index in [2.05, 4.69) is 15.3 Å². The van der Waals surface area contributed by atoms with Crippen molar-refractivity contribution in [3.8, 4) is 0 Å². The summed E-state index contributed by atoms with van der Waals surface area (Å²) in [6.07, 6.45) is 3.54. The molecule has 0 aliphatic carbocycles. The standard InChI is InChI=1S/C17H15N3OS2/c1-22-13-6-4-5-12(9-13)20-16(21)10-23-17-14-7-2-3-8-15(14)18-11-19-17/h2-9,11H,10H2,1H3,(H,20,21). The first-order valence-electron chi connectivity index (χ1n) is 7.03. The molecule has 2 aromatic carbocycles. The van der Waals surface area contributed by atoms with Gasteiger partial charge in [-0.05, 0) is 30.5 Å². The zero-order chi connectivity index (χ0) is 16.1. The molecule has 0 atom stereocenters. The van der Waals surface area contributed by atoms with Crippen molar-refractivity contribution < 1.29 is 4.79 Å². The van der Waals surface area contributed by atoms with Crippen LogP contribution in [0.15, 0.2) is 64.8 Å². The number of nitrogens with zero attached hydrogens (tertiary/aromatic N) is 2. The second kappa shape index (κ2) is 7.48. The third kappa shape index (κ3) is 4.03. The second-order valence-corrected chi connectivity index (χ2v) is 6.61. The number of thioether (sulfide) groups is 2. The van der Waals surface area contributed by atoms with Gasteiger partial charge in [-0.1, -0.05) is 36.0 Å². The number of anilines is 1. The van der Waals surface area contributed by atoms with E-state index in [1.54, 1.807) is 11.8 Å². The molecule has 0 spiro atoms. The van der Waals surface area contributed by atoms with Gasteiger partial charge in [0.1, 0.15) is 11.4 Å². The molecule has 0 aliphatic heterocycles. The first-order chi connectivity index (χ1) is 11.3. The van der Waals surface area contributed by atoms with Gasteiger partial charge >= 0.3 is 0 Å². The summed E-state index contributed by atoms with van der Waals surface area (Å²) >= 11 is 3.07. The first kappa shape index (κ1) is 15.8. The Labute approximate surface area is 143 Å². The van der Waals surface area contributed by atoms with Crippen LogP contribution in [0.2, 0.25) is 0 Å². The van der Waals surface area contributed by atoms with Crippen molar-refractivity contribution >= 4 is 46.0 Å². The van der Waals surface area contributed by atoms with Crippen LogP contribution in [-0.4, -0.2) is 27.9 Å². The SMILES string of the molecule is CSc1cccc(NC(=O)CSc2ncnc3ccccc23)c1. The number of aromatic nitrogens is 2. The average molecular weight is 341 g/mol. The molecule has 3 rings (SSSR count). The minimum Gasteiger partial charge on any atom is -0.325 e. The van der Waals surface area contributed by atoms with E-state index in [4.69, 9.17) is 0 Å². The number of hydrogen-bond donors (Lipinski definition) is 1. The van der Waals surface area contributed by atoms with Crippen molar-refractivity contribution in [1.82, 2.24) is 9.97 Å². The average Bonchev–Trinajstić information content (AvgIpc) is 2.60. The molecule has 1 amide bonds. The lowest BCUT2D eigenvalue weighted by molar-refractivity contribution is -0.113. The van der Waals surface area contributed by atoms with Gasteiger partial charge in [0.2, 0.25) is 5.91 Å². The number of carbonyl (C=O) groups excluding carboxylic acids is 1. The summed E-state index contributed by atoms with van der Waals surface area (Å²) in [5.74, 6) is 0.265. The van der Waals surface area contributed by atoms with Crippen LogP contribution >= 0.6 is 23.5 Å². The van der Waals surface area contributed by atoms with Crippen molar-refractivity contribution in [2.45, 2.75) is 9.92 Å². The van der Waals surface area contributed by atoms with Crippen molar-refractivity contribution in [2.24, 2.45) is 0 Å². The maximum Gasteiger partial charge on any atom is 0.234 e. The number of benzene rings is 2. The highest BCUT2D eigenvalue weighted by atomic mass is 32.2. The number of carbonyl (C=O) groups is 1. The molecule has 3 aromatic rings. The number of fused-ring (bicyclic) bond motifs is 1. The summed E-state index contributed by atoms with van der Waals surface area (Å²) in [5.41, 5.74) is 1.70. The molecule has 0 radical (unpaired) electrons. The third-order valence-electron chi connectivity index (χ3n) is 3.20. The van der Waals surface area contributed by atoms with Gasteiger partial charge in [-0.15, -0.1) is 11.8 Å². The van der Waals surface area contributed by atoms with Crippen LogP contribution in [0.4, 0.5) is 5.69 Å². The van der Waals surface area contributed by atoms with Crippen LogP contribution in [0.25, 0.3) is 10.9 Å². The Kier molecular flexibility index (Phi) is 5.15. The smallest absolute Gasteiger partial charge is 0.234 e. The first-order valence-corrected chi connectivity index (χ1v) is 9.24. The summed E-state index contributed by atoms with van der Waals surface area (Å²) < 4.78 is 0. The molecule has 0 saturated heterocycles. The van der Waals surface area contributed by atoms with E-state index in [0.717, 1.165) is 26.5 Å². The third-order valence-corrected chi connectivity index (χ3v) is 4.93. The molecule has 1 N–H and O–H groups in total. The van der Waals surface area contributed by atoms with E-state index in [-0.39, 0.29) is 5.91 Å². The van der Waals surface area contributed by atoms with Gasteiger partial charge in [0.25, 0.3) is 0 Å². The summed E-state index contributed by atoms with van der Waals surface area (Å²) in [7, 11) is 0. The fourth-order valence-electron chi connectivity index (χ4n) is 2.13. The van der Waals surface area contributed by atoms with Gasteiger partial charge in [-0.25, -0.2) is 9.97 Å². The highest BCUT2D eigenvalue weighted by molar-refractivity contribution is 8.00. The van der Waals surface area contributed by atoms with Crippen molar-refractivity contribution in [3.05, 3.63) is 54.9 Å². The maximum atomic E-state index is 12.1. The Morgan fingerprint density at radius 1 is 1.13 bits per heavy atom. The summed E-state index contributed by atoms with van der Waals surface area (Å²) in [5, 5.41) is 4.71. The van der Waals surface area contributed by atoms with Crippen LogP contribution in [0.3, 0.4) is 0 Å². The lowest BCUT2D eigenvalue weighted by atomic mass is 10.2. The molecule has 23 heavy (non-hydrogen) atoms. The number of nitrogens with one attached hydrogen (secondary N) is 1. The summed E-state index contributed by atoms with van der Waals surface area (Å²) in [6.45, 7) is 0. The van der Waals surface area contributed by atoms with Gasteiger partial charge in [0.05, 0.1) is 11.3 Å². The van der Waals surface area contributed by atoms with Gasteiger partial charge in [0.15, 0.2) is 0 Å². The number of hydrogen-bond acceptors (Lipinski definition) is 5. The predicted octanol–water partition coefficient (Wildman–Crippen LogP) is 4.08. The van der Waals surface area contributed by atoms with Gasteiger partial charge in [-0.3, -0.25) is 4.79 Å². The van der Waals surface area contributed by atoms with Gasteiger partial charge in [-0.2, -0.15) is 0 Å². The van der Waals surface area contributed by atoms with Crippen LogP contribution < -0.4 is 5.32 Å². The molecular weight excluding hydrogens is 326 g/mol. The summed E-state index contributed by atoms with van der Waals surface area (Å²) in [4.78, 5) is 21.8.